The molecule has 2 rings (SSSR count). The van der Waals surface area contributed by atoms with Crippen LogP contribution in [0.5, 0.6) is 0 Å². The second-order valence-corrected chi connectivity index (χ2v) is 3.46. The number of ketones is 1. The molecule has 3 heteroatoms. The van der Waals surface area contributed by atoms with Crippen molar-refractivity contribution in [3.8, 4) is 0 Å². The van der Waals surface area contributed by atoms with E-state index >= 15 is 0 Å². The van der Waals surface area contributed by atoms with Crippen LogP contribution in [0.3, 0.4) is 0 Å². The minimum atomic E-state index is -0.0773. The molecule has 0 unspecified atom stereocenters. The summed E-state index contributed by atoms with van der Waals surface area (Å²) in [6, 6.07) is 0. The number of allylic oxidation sites excluding steroid dienone is 2. The summed E-state index contributed by atoms with van der Waals surface area (Å²) >= 11 is 0. The summed E-state index contributed by atoms with van der Waals surface area (Å²) in [6.07, 6.45) is 5.40. The maximum Gasteiger partial charge on any atom is 0.157 e. The summed E-state index contributed by atoms with van der Waals surface area (Å²) in [5, 5.41) is 0. The number of nitrogens with zero attached hydrogens (tertiary/aromatic N) is 1. The SMILES string of the molecule is O=C1C=C(N2CCC=C(F)C2)CC1. The first-order valence-corrected chi connectivity index (χ1v) is 4.58. The van der Waals surface area contributed by atoms with E-state index in [1.54, 1.807) is 12.2 Å². The van der Waals surface area contributed by atoms with Gasteiger partial charge in [0.05, 0.1) is 6.54 Å². The molecule has 0 N–H and O–H groups in total. The van der Waals surface area contributed by atoms with E-state index in [9.17, 15) is 9.18 Å². The third kappa shape index (κ3) is 1.79. The second-order valence-electron chi connectivity index (χ2n) is 3.46. The first kappa shape index (κ1) is 8.48. The van der Waals surface area contributed by atoms with Crippen molar-refractivity contribution in [1.82, 2.24) is 4.90 Å². The molecule has 0 spiro atoms. The van der Waals surface area contributed by atoms with E-state index in [4.69, 9.17) is 0 Å². The van der Waals surface area contributed by atoms with Crippen LogP contribution in [-0.4, -0.2) is 23.8 Å². The first-order valence-electron chi connectivity index (χ1n) is 4.58. The van der Waals surface area contributed by atoms with E-state index in [2.05, 4.69) is 0 Å². The number of hydrogen-bond acceptors (Lipinski definition) is 2. The van der Waals surface area contributed by atoms with Gasteiger partial charge in [0.25, 0.3) is 0 Å². The molecule has 1 aliphatic carbocycles. The summed E-state index contributed by atoms with van der Waals surface area (Å²) in [5.74, 6) is 0.0939. The first-order chi connectivity index (χ1) is 6.25. The van der Waals surface area contributed by atoms with Crippen LogP contribution >= 0.6 is 0 Å². The lowest BCUT2D eigenvalue weighted by Crippen LogP contribution is -2.27. The summed E-state index contributed by atoms with van der Waals surface area (Å²) in [4.78, 5) is 12.9. The van der Waals surface area contributed by atoms with Gasteiger partial charge in [0, 0.05) is 24.7 Å². The van der Waals surface area contributed by atoms with Gasteiger partial charge >= 0.3 is 0 Å². The van der Waals surface area contributed by atoms with Crippen molar-refractivity contribution in [1.29, 1.82) is 0 Å². The molecule has 0 radical (unpaired) electrons. The van der Waals surface area contributed by atoms with E-state index < -0.39 is 0 Å². The topological polar surface area (TPSA) is 20.3 Å². The van der Waals surface area contributed by atoms with Gasteiger partial charge in [-0.2, -0.15) is 0 Å². The van der Waals surface area contributed by atoms with E-state index in [1.807, 2.05) is 4.90 Å². The standard InChI is InChI=1S/C10H12FNO/c11-8-2-1-5-12(7-8)9-3-4-10(13)6-9/h2,6H,1,3-5,7H2. The Morgan fingerprint density at radius 3 is 2.85 bits per heavy atom. The zero-order valence-corrected chi connectivity index (χ0v) is 7.42. The molecule has 2 nitrogen and oxygen atoms in total. The highest BCUT2D eigenvalue weighted by atomic mass is 19.1. The fourth-order valence-corrected chi connectivity index (χ4v) is 1.78. The summed E-state index contributed by atoms with van der Waals surface area (Å²) in [7, 11) is 0. The molecule has 0 aromatic heterocycles. The second kappa shape index (κ2) is 3.32. The fraction of sp³-hybridized carbons (Fsp3) is 0.500. The number of carbonyl (C=O) groups is 1. The Hall–Kier alpha value is -1.12. The lowest BCUT2D eigenvalue weighted by atomic mass is 10.2. The van der Waals surface area contributed by atoms with Crippen LogP contribution in [0.2, 0.25) is 0 Å². The van der Waals surface area contributed by atoms with Crippen molar-refractivity contribution < 1.29 is 9.18 Å². The van der Waals surface area contributed by atoms with E-state index in [1.165, 1.54) is 0 Å². The normalized spacial score (nSPS) is 23.2. The van der Waals surface area contributed by atoms with Gasteiger partial charge in [-0.1, -0.05) is 0 Å². The predicted octanol–water partition coefficient (Wildman–Crippen LogP) is 1.79. The van der Waals surface area contributed by atoms with Gasteiger partial charge in [-0.3, -0.25) is 4.79 Å². The Labute approximate surface area is 76.7 Å². The Kier molecular flexibility index (Phi) is 2.17. The molecule has 0 fully saturated rings. The van der Waals surface area contributed by atoms with Crippen molar-refractivity contribution in [3.05, 3.63) is 23.7 Å². The van der Waals surface area contributed by atoms with Crippen molar-refractivity contribution in [2.45, 2.75) is 19.3 Å². The lowest BCUT2D eigenvalue weighted by Gasteiger charge is -2.27. The smallest absolute Gasteiger partial charge is 0.157 e. The quantitative estimate of drug-likeness (QED) is 0.614. The predicted molar refractivity (Wildman–Crippen MR) is 47.7 cm³/mol. The summed E-state index contributed by atoms with van der Waals surface area (Å²) in [5.41, 5.74) is 1.01. The molecule has 2 aliphatic rings. The molecule has 1 aliphatic heterocycles. The van der Waals surface area contributed by atoms with Gasteiger partial charge in [0.1, 0.15) is 5.83 Å². The number of carbonyl (C=O) groups excluding carboxylic acids is 1. The van der Waals surface area contributed by atoms with Gasteiger partial charge in [-0.15, -0.1) is 0 Å². The average molecular weight is 181 g/mol. The average Bonchev–Trinajstić information content (AvgIpc) is 2.52. The molecule has 0 saturated heterocycles. The summed E-state index contributed by atoms with van der Waals surface area (Å²) < 4.78 is 12.9. The molecule has 70 valence electrons. The minimum absolute atomic E-state index is 0.0773. The largest absolute Gasteiger partial charge is 0.368 e. The molecule has 1 heterocycles. The zero-order valence-electron chi connectivity index (χ0n) is 7.42. The van der Waals surface area contributed by atoms with Crippen molar-refractivity contribution in [2.24, 2.45) is 0 Å². The van der Waals surface area contributed by atoms with Crippen LogP contribution in [0.25, 0.3) is 0 Å². The molecule has 0 amide bonds. The molecule has 0 aromatic rings. The van der Waals surface area contributed by atoms with Crippen molar-refractivity contribution in [3.63, 3.8) is 0 Å². The highest BCUT2D eigenvalue weighted by molar-refractivity contribution is 5.92. The molecule has 13 heavy (non-hydrogen) atoms. The maximum atomic E-state index is 12.9. The highest BCUT2D eigenvalue weighted by Crippen LogP contribution is 2.23. The van der Waals surface area contributed by atoms with E-state index in [0.717, 1.165) is 25.1 Å². The Morgan fingerprint density at radius 1 is 1.38 bits per heavy atom. The monoisotopic (exact) mass is 181 g/mol. The maximum absolute atomic E-state index is 12.9. The van der Waals surface area contributed by atoms with Gasteiger partial charge in [-0.05, 0) is 18.9 Å². The molecule has 0 atom stereocenters. The van der Waals surface area contributed by atoms with E-state index in [-0.39, 0.29) is 11.6 Å². The molecular weight excluding hydrogens is 169 g/mol. The van der Waals surface area contributed by atoms with Gasteiger partial charge in [0.15, 0.2) is 5.78 Å². The minimum Gasteiger partial charge on any atom is -0.368 e. The zero-order chi connectivity index (χ0) is 9.26. The fourth-order valence-electron chi connectivity index (χ4n) is 1.78. The number of rotatable bonds is 1. The van der Waals surface area contributed by atoms with Gasteiger partial charge in [0.2, 0.25) is 0 Å². The van der Waals surface area contributed by atoms with E-state index in [0.29, 0.717) is 13.0 Å². The van der Waals surface area contributed by atoms with Crippen LogP contribution in [0.15, 0.2) is 23.7 Å². The van der Waals surface area contributed by atoms with Crippen LogP contribution in [0.1, 0.15) is 19.3 Å². The molecule has 0 aromatic carbocycles. The van der Waals surface area contributed by atoms with Crippen molar-refractivity contribution in [2.75, 3.05) is 13.1 Å². The molecule has 0 bridgehead atoms. The lowest BCUT2D eigenvalue weighted by molar-refractivity contribution is -0.114. The molecular formula is C10H12FNO. The van der Waals surface area contributed by atoms with Gasteiger partial charge in [-0.25, -0.2) is 4.39 Å². The Bertz CT molecular complexity index is 293. The third-order valence-corrected chi connectivity index (χ3v) is 2.47. The highest BCUT2D eigenvalue weighted by Gasteiger charge is 2.20. The Morgan fingerprint density at radius 2 is 2.23 bits per heavy atom. The van der Waals surface area contributed by atoms with Crippen LogP contribution < -0.4 is 0 Å². The van der Waals surface area contributed by atoms with Crippen LogP contribution in [-0.2, 0) is 4.79 Å². The summed E-state index contributed by atoms with van der Waals surface area (Å²) in [6.45, 7) is 1.19. The Balaban J connectivity index is 2.06. The van der Waals surface area contributed by atoms with Crippen LogP contribution in [0.4, 0.5) is 4.39 Å². The van der Waals surface area contributed by atoms with Gasteiger partial charge < -0.3 is 4.90 Å². The third-order valence-electron chi connectivity index (χ3n) is 2.47. The molecule has 0 saturated carbocycles. The van der Waals surface area contributed by atoms with Crippen molar-refractivity contribution >= 4 is 5.78 Å². The van der Waals surface area contributed by atoms with Crippen LogP contribution in [0, 0.1) is 0 Å². The number of hydrogen-bond donors (Lipinski definition) is 0. The number of halogens is 1.